The van der Waals surface area contributed by atoms with E-state index in [0.717, 1.165) is 17.5 Å². The number of carbonyl (C=O) groups excluding carboxylic acids is 1. The number of nitriles is 1. The summed E-state index contributed by atoms with van der Waals surface area (Å²) in [6.45, 7) is 0.415. The molecule has 0 bridgehead atoms. The van der Waals surface area contributed by atoms with Crippen LogP contribution in [0.5, 0.6) is 5.75 Å². The third-order valence-electron chi connectivity index (χ3n) is 5.14. The lowest BCUT2D eigenvalue weighted by Crippen LogP contribution is -2.27. The molecule has 6 heteroatoms. The van der Waals surface area contributed by atoms with E-state index in [9.17, 15) is 10.1 Å². The van der Waals surface area contributed by atoms with E-state index < -0.39 is 5.92 Å². The van der Waals surface area contributed by atoms with E-state index >= 15 is 0 Å². The van der Waals surface area contributed by atoms with Crippen molar-refractivity contribution in [2.75, 3.05) is 0 Å². The van der Waals surface area contributed by atoms with Crippen LogP contribution in [0.25, 0.3) is 0 Å². The molecule has 5 nitrogen and oxygen atoms in total. The maximum absolute atomic E-state index is 12.6. The number of Topliss-reactive ketones (excluding diaryl/α,β-unsaturated/α-hetero) is 1. The predicted octanol–water partition coefficient (Wildman–Crippen LogP) is 4.73. The first-order chi connectivity index (χ1) is 14.1. The molecule has 2 aromatic rings. The van der Waals surface area contributed by atoms with Crippen LogP contribution in [0.15, 0.2) is 71.3 Å². The molecular weight excluding hydrogens is 388 g/mol. The van der Waals surface area contributed by atoms with Gasteiger partial charge in [-0.3, -0.25) is 4.79 Å². The number of nitrogens with two attached hydrogens (primary N) is 1. The summed E-state index contributed by atoms with van der Waals surface area (Å²) in [5.41, 5.74) is 8.62. The summed E-state index contributed by atoms with van der Waals surface area (Å²) in [7, 11) is 0. The Balaban J connectivity index is 1.58. The Labute approximate surface area is 174 Å². The van der Waals surface area contributed by atoms with E-state index in [1.165, 1.54) is 0 Å². The van der Waals surface area contributed by atoms with Crippen molar-refractivity contribution in [3.63, 3.8) is 0 Å². The Morgan fingerprint density at radius 3 is 2.55 bits per heavy atom. The van der Waals surface area contributed by atoms with Crippen molar-refractivity contribution in [2.45, 2.75) is 31.8 Å². The fourth-order valence-electron chi connectivity index (χ4n) is 3.69. The largest absolute Gasteiger partial charge is 0.489 e. The normalized spacial score (nSPS) is 18.8. The number of benzene rings is 2. The van der Waals surface area contributed by atoms with E-state index in [1.807, 2.05) is 48.5 Å². The van der Waals surface area contributed by atoms with Gasteiger partial charge in [0.15, 0.2) is 5.78 Å². The van der Waals surface area contributed by atoms with Gasteiger partial charge in [-0.25, -0.2) is 0 Å². The van der Waals surface area contributed by atoms with Crippen LogP contribution in [0.4, 0.5) is 0 Å². The van der Waals surface area contributed by atoms with Gasteiger partial charge >= 0.3 is 0 Å². The molecule has 0 unspecified atom stereocenters. The minimum Gasteiger partial charge on any atom is -0.489 e. The number of allylic oxidation sites excluding steroid dienone is 3. The van der Waals surface area contributed by atoms with Crippen LogP contribution in [-0.4, -0.2) is 5.78 Å². The molecule has 0 saturated heterocycles. The standard InChI is InChI=1S/C23H19ClN2O3/c24-16-8-4-14(5-9-16)13-28-17-10-6-15(7-11-17)21-18(12-25)23(26)29-20-3-1-2-19(27)22(20)21/h4-11,21H,1-3,13,26H2/t21-/m1/s1. The number of nitrogens with zero attached hydrogens (tertiary/aromatic N) is 1. The molecule has 0 amide bonds. The quantitative estimate of drug-likeness (QED) is 0.792. The molecule has 1 aliphatic heterocycles. The van der Waals surface area contributed by atoms with Crippen molar-refractivity contribution in [3.8, 4) is 11.8 Å². The Bertz CT molecular complexity index is 1050. The lowest BCUT2D eigenvalue weighted by Gasteiger charge is -2.31. The molecular formula is C23H19ClN2O3. The summed E-state index contributed by atoms with van der Waals surface area (Å²) < 4.78 is 11.4. The first-order valence-corrected chi connectivity index (χ1v) is 9.75. The van der Waals surface area contributed by atoms with Crippen molar-refractivity contribution in [2.24, 2.45) is 5.73 Å². The second kappa shape index (κ2) is 8.02. The molecule has 1 atom stereocenters. The zero-order valence-corrected chi connectivity index (χ0v) is 16.4. The second-order valence-electron chi connectivity index (χ2n) is 7.02. The fraction of sp³-hybridized carbons (Fsp3) is 0.217. The Hall–Kier alpha value is -3.23. The zero-order valence-electron chi connectivity index (χ0n) is 15.7. The van der Waals surface area contributed by atoms with Crippen LogP contribution >= 0.6 is 11.6 Å². The van der Waals surface area contributed by atoms with E-state index in [2.05, 4.69) is 6.07 Å². The van der Waals surface area contributed by atoms with Gasteiger partial charge < -0.3 is 15.2 Å². The lowest BCUT2D eigenvalue weighted by atomic mass is 9.77. The summed E-state index contributed by atoms with van der Waals surface area (Å²) >= 11 is 5.90. The smallest absolute Gasteiger partial charge is 0.205 e. The highest BCUT2D eigenvalue weighted by Gasteiger charge is 2.37. The van der Waals surface area contributed by atoms with Crippen molar-refractivity contribution in [3.05, 3.63) is 87.5 Å². The minimum atomic E-state index is -0.498. The molecule has 2 N–H and O–H groups in total. The third kappa shape index (κ3) is 3.85. The van der Waals surface area contributed by atoms with Gasteiger partial charge in [-0.2, -0.15) is 5.26 Å². The van der Waals surface area contributed by atoms with Gasteiger partial charge in [0.05, 0.1) is 5.92 Å². The maximum Gasteiger partial charge on any atom is 0.205 e. The Morgan fingerprint density at radius 2 is 1.86 bits per heavy atom. The summed E-state index contributed by atoms with van der Waals surface area (Å²) in [5.74, 6) is 0.872. The molecule has 0 radical (unpaired) electrons. The van der Waals surface area contributed by atoms with Gasteiger partial charge in [-0.1, -0.05) is 35.9 Å². The molecule has 1 aliphatic carbocycles. The molecule has 0 spiro atoms. The highest BCUT2D eigenvalue weighted by atomic mass is 35.5. The van der Waals surface area contributed by atoms with Crippen LogP contribution in [0.2, 0.25) is 5.02 Å². The van der Waals surface area contributed by atoms with Gasteiger partial charge in [0.2, 0.25) is 5.88 Å². The number of ether oxygens (including phenoxy) is 2. The number of carbonyl (C=O) groups is 1. The van der Waals surface area contributed by atoms with Gasteiger partial charge in [0, 0.05) is 23.4 Å². The second-order valence-corrected chi connectivity index (χ2v) is 7.46. The van der Waals surface area contributed by atoms with E-state index in [4.69, 9.17) is 26.8 Å². The first kappa shape index (κ1) is 19.1. The average molecular weight is 407 g/mol. The molecule has 1 heterocycles. The van der Waals surface area contributed by atoms with Crippen LogP contribution in [0.1, 0.15) is 36.3 Å². The predicted molar refractivity (Wildman–Crippen MR) is 109 cm³/mol. The van der Waals surface area contributed by atoms with E-state index in [-0.39, 0.29) is 17.2 Å². The summed E-state index contributed by atoms with van der Waals surface area (Å²) in [4.78, 5) is 12.6. The lowest BCUT2D eigenvalue weighted by molar-refractivity contribution is -0.116. The molecule has 146 valence electrons. The molecule has 29 heavy (non-hydrogen) atoms. The number of ketones is 1. The highest BCUT2D eigenvalue weighted by Crippen LogP contribution is 2.43. The molecule has 0 aromatic heterocycles. The zero-order chi connectivity index (χ0) is 20.4. The number of halogens is 1. The number of rotatable bonds is 4. The van der Waals surface area contributed by atoms with Crippen LogP contribution in [0, 0.1) is 11.3 Å². The number of hydrogen-bond donors (Lipinski definition) is 1. The molecule has 0 fully saturated rings. The van der Waals surface area contributed by atoms with Gasteiger partial charge in [0.1, 0.15) is 29.8 Å². The minimum absolute atomic E-state index is 0.0135. The molecule has 0 saturated carbocycles. The van der Waals surface area contributed by atoms with Crippen molar-refractivity contribution in [1.82, 2.24) is 0 Å². The average Bonchev–Trinajstić information content (AvgIpc) is 2.73. The monoisotopic (exact) mass is 406 g/mol. The third-order valence-corrected chi connectivity index (χ3v) is 5.39. The topological polar surface area (TPSA) is 85.3 Å². The van der Waals surface area contributed by atoms with E-state index in [1.54, 1.807) is 0 Å². The first-order valence-electron chi connectivity index (χ1n) is 9.38. The van der Waals surface area contributed by atoms with Gasteiger partial charge in [-0.15, -0.1) is 0 Å². The van der Waals surface area contributed by atoms with Crippen molar-refractivity contribution < 1.29 is 14.3 Å². The highest BCUT2D eigenvalue weighted by molar-refractivity contribution is 6.30. The SMILES string of the molecule is N#CC1=C(N)OC2=C(C(=O)CCC2)[C@@H]1c1ccc(OCc2ccc(Cl)cc2)cc1. The Kier molecular flexibility index (Phi) is 5.28. The Morgan fingerprint density at radius 1 is 1.14 bits per heavy atom. The summed E-state index contributed by atoms with van der Waals surface area (Å²) in [6.07, 6.45) is 1.84. The van der Waals surface area contributed by atoms with Crippen LogP contribution < -0.4 is 10.5 Å². The van der Waals surface area contributed by atoms with Crippen LogP contribution in [0.3, 0.4) is 0 Å². The summed E-state index contributed by atoms with van der Waals surface area (Å²) in [6, 6.07) is 17.0. The molecule has 4 rings (SSSR count). The van der Waals surface area contributed by atoms with Gasteiger partial charge in [-0.05, 0) is 41.8 Å². The maximum atomic E-state index is 12.6. The van der Waals surface area contributed by atoms with E-state index in [0.29, 0.717) is 41.6 Å². The van der Waals surface area contributed by atoms with Crippen LogP contribution in [-0.2, 0) is 16.1 Å². The molecule has 2 aromatic carbocycles. The molecule has 2 aliphatic rings. The summed E-state index contributed by atoms with van der Waals surface area (Å²) in [5, 5.41) is 10.3. The number of hydrogen-bond acceptors (Lipinski definition) is 5. The van der Waals surface area contributed by atoms with Crippen molar-refractivity contribution >= 4 is 17.4 Å². The van der Waals surface area contributed by atoms with Gasteiger partial charge in [0.25, 0.3) is 0 Å². The van der Waals surface area contributed by atoms with Crippen molar-refractivity contribution in [1.29, 1.82) is 5.26 Å². The fourth-order valence-corrected chi connectivity index (χ4v) is 3.82.